The third kappa shape index (κ3) is 6.12. The smallest absolute Gasteiger partial charge is 0.317 e. The first-order valence-electron chi connectivity index (χ1n) is 10.6. The average Bonchev–Trinajstić information content (AvgIpc) is 3.31. The molecular formula is C24H27FN4OS. The molecule has 1 fully saturated rings. The number of carbonyl (C=O) groups excluding carboxylic acids is 1. The molecule has 2 amide bonds. The van der Waals surface area contributed by atoms with E-state index in [1.165, 1.54) is 17.0 Å². The number of amides is 2. The van der Waals surface area contributed by atoms with Gasteiger partial charge in [0.2, 0.25) is 0 Å². The molecule has 4 rings (SSSR count). The van der Waals surface area contributed by atoms with E-state index in [-0.39, 0.29) is 17.9 Å². The minimum Gasteiger partial charge on any atom is -0.317 e. The highest BCUT2D eigenvalue weighted by molar-refractivity contribution is 7.09. The summed E-state index contributed by atoms with van der Waals surface area (Å²) < 4.78 is 13.6. The first kappa shape index (κ1) is 21.5. The lowest BCUT2D eigenvalue weighted by Crippen LogP contribution is -2.48. The van der Waals surface area contributed by atoms with Gasteiger partial charge in [0.25, 0.3) is 0 Å². The second-order valence-corrected chi connectivity index (χ2v) is 8.86. The van der Waals surface area contributed by atoms with Crippen molar-refractivity contribution in [1.29, 1.82) is 0 Å². The van der Waals surface area contributed by atoms with Gasteiger partial charge in [-0.3, -0.25) is 4.98 Å². The van der Waals surface area contributed by atoms with Crippen LogP contribution in [-0.4, -0.2) is 46.5 Å². The highest BCUT2D eigenvalue weighted by Gasteiger charge is 2.28. The minimum atomic E-state index is -0.365. The zero-order valence-electron chi connectivity index (χ0n) is 17.4. The molecule has 1 aliphatic rings. The molecule has 0 unspecified atom stereocenters. The number of nitrogens with one attached hydrogen (secondary N) is 1. The number of halogens is 1. The quantitative estimate of drug-likeness (QED) is 0.563. The Bertz CT molecular complexity index is 959. The number of benzene rings is 1. The fraction of sp³-hybridized carbons (Fsp3) is 0.333. The van der Waals surface area contributed by atoms with E-state index in [2.05, 4.69) is 32.7 Å². The van der Waals surface area contributed by atoms with Crippen molar-refractivity contribution in [2.24, 2.45) is 0 Å². The Kier molecular flexibility index (Phi) is 7.27. The van der Waals surface area contributed by atoms with Gasteiger partial charge in [-0.15, -0.1) is 11.3 Å². The predicted octanol–water partition coefficient (Wildman–Crippen LogP) is 5.02. The topological polar surface area (TPSA) is 48.5 Å². The zero-order valence-corrected chi connectivity index (χ0v) is 18.2. The van der Waals surface area contributed by atoms with Gasteiger partial charge in [0.1, 0.15) is 5.82 Å². The number of thiophene rings is 1. The molecule has 1 N–H and O–H groups in total. The Labute approximate surface area is 186 Å². The van der Waals surface area contributed by atoms with Crippen LogP contribution >= 0.6 is 11.3 Å². The number of hydrogen-bond acceptors (Lipinski definition) is 4. The Morgan fingerprint density at radius 3 is 2.77 bits per heavy atom. The number of anilines is 1. The second kappa shape index (κ2) is 10.5. The van der Waals surface area contributed by atoms with Crippen LogP contribution in [0, 0.1) is 5.82 Å². The maximum absolute atomic E-state index is 13.6. The molecule has 0 bridgehead atoms. The van der Waals surface area contributed by atoms with Crippen LogP contribution in [0.5, 0.6) is 0 Å². The average molecular weight is 439 g/mol. The number of carbonyl (C=O) groups is 1. The van der Waals surface area contributed by atoms with Gasteiger partial charge in [-0.25, -0.2) is 9.18 Å². The number of aromatic nitrogens is 1. The van der Waals surface area contributed by atoms with Gasteiger partial charge in [-0.1, -0.05) is 18.2 Å². The number of pyridine rings is 1. The fourth-order valence-electron chi connectivity index (χ4n) is 3.99. The van der Waals surface area contributed by atoms with Crippen LogP contribution in [0.25, 0.3) is 0 Å². The molecule has 162 valence electrons. The number of hydrogen-bond donors (Lipinski definition) is 1. The lowest BCUT2D eigenvalue weighted by atomic mass is 10.0. The van der Waals surface area contributed by atoms with E-state index >= 15 is 0 Å². The molecule has 31 heavy (non-hydrogen) atoms. The Morgan fingerprint density at radius 1 is 1.19 bits per heavy atom. The van der Waals surface area contributed by atoms with Crippen LogP contribution in [0.1, 0.15) is 23.3 Å². The number of urea groups is 1. The van der Waals surface area contributed by atoms with Crippen LogP contribution in [0.3, 0.4) is 0 Å². The van der Waals surface area contributed by atoms with Gasteiger partial charge in [0.15, 0.2) is 0 Å². The van der Waals surface area contributed by atoms with Gasteiger partial charge in [-0.2, -0.15) is 0 Å². The van der Waals surface area contributed by atoms with Crippen LogP contribution < -0.4 is 5.32 Å². The van der Waals surface area contributed by atoms with Crippen molar-refractivity contribution < 1.29 is 9.18 Å². The first-order chi connectivity index (χ1) is 15.2. The lowest BCUT2D eigenvalue weighted by molar-refractivity contribution is 0.124. The van der Waals surface area contributed by atoms with Crippen LogP contribution in [0.15, 0.2) is 66.3 Å². The molecule has 3 heterocycles. The number of nitrogens with zero attached hydrogens (tertiary/aromatic N) is 3. The standard InChI is InChI=1S/C24H27FN4OS/c25-20-5-1-6-21(16-20)27-24(30)29(18-19-4-2-11-26-17-19)22-8-12-28(13-9-22)14-10-23-7-3-15-31-23/h1-7,11,15-17,22H,8-10,12-14,18H2,(H,27,30). The lowest BCUT2D eigenvalue weighted by Gasteiger charge is -2.38. The molecule has 0 radical (unpaired) electrons. The Balaban J connectivity index is 1.40. The summed E-state index contributed by atoms with van der Waals surface area (Å²) in [6, 6.07) is 14.1. The predicted molar refractivity (Wildman–Crippen MR) is 123 cm³/mol. The number of likely N-dealkylation sites (tertiary alicyclic amines) is 1. The van der Waals surface area contributed by atoms with Crippen molar-refractivity contribution in [3.63, 3.8) is 0 Å². The molecule has 3 aromatic rings. The molecule has 1 saturated heterocycles. The van der Waals surface area contributed by atoms with Gasteiger partial charge in [0, 0.05) is 55.2 Å². The number of rotatable bonds is 7. The third-order valence-corrected chi connectivity index (χ3v) is 6.60. The molecule has 2 aromatic heterocycles. The van der Waals surface area contributed by atoms with Crippen LogP contribution in [0.2, 0.25) is 0 Å². The van der Waals surface area contributed by atoms with E-state index in [9.17, 15) is 9.18 Å². The van der Waals surface area contributed by atoms with E-state index in [1.807, 2.05) is 17.0 Å². The van der Waals surface area contributed by atoms with Crippen molar-refractivity contribution in [2.45, 2.75) is 31.8 Å². The maximum atomic E-state index is 13.6. The molecule has 1 aliphatic heterocycles. The van der Waals surface area contributed by atoms with E-state index in [0.29, 0.717) is 12.2 Å². The molecule has 5 nitrogen and oxygen atoms in total. The largest absolute Gasteiger partial charge is 0.322 e. The SMILES string of the molecule is O=C(Nc1cccc(F)c1)N(Cc1cccnc1)C1CCN(CCc2cccs2)CC1. The van der Waals surface area contributed by atoms with Crippen LogP contribution in [-0.2, 0) is 13.0 Å². The highest BCUT2D eigenvalue weighted by Crippen LogP contribution is 2.21. The molecule has 1 aromatic carbocycles. The zero-order chi connectivity index (χ0) is 21.5. The fourth-order valence-corrected chi connectivity index (χ4v) is 4.69. The van der Waals surface area contributed by atoms with Gasteiger partial charge < -0.3 is 15.1 Å². The van der Waals surface area contributed by atoms with Crippen molar-refractivity contribution >= 4 is 23.1 Å². The first-order valence-corrected chi connectivity index (χ1v) is 11.5. The van der Waals surface area contributed by atoms with Crippen LogP contribution in [0.4, 0.5) is 14.9 Å². The Hall–Kier alpha value is -2.77. The molecule has 0 atom stereocenters. The van der Waals surface area contributed by atoms with Gasteiger partial charge in [0.05, 0.1) is 0 Å². The molecule has 0 spiro atoms. The third-order valence-electron chi connectivity index (χ3n) is 5.66. The summed E-state index contributed by atoms with van der Waals surface area (Å²) in [5.74, 6) is -0.365. The molecular weight excluding hydrogens is 411 g/mol. The second-order valence-electron chi connectivity index (χ2n) is 7.83. The number of piperidine rings is 1. The van der Waals surface area contributed by atoms with Crippen molar-refractivity contribution in [3.05, 3.63) is 82.6 Å². The highest BCUT2D eigenvalue weighted by atomic mass is 32.1. The summed E-state index contributed by atoms with van der Waals surface area (Å²) in [7, 11) is 0. The summed E-state index contributed by atoms with van der Waals surface area (Å²) in [5, 5.41) is 4.99. The van der Waals surface area contributed by atoms with E-state index in [0.717, 1.165) is 44.5 Å². The van der Waals surface area contributed by atoms with Crippen molar-refractivity contribution in [3.8, 4) is 0 Å². The summed E-state index contributed by atoms with van der Waals surface area (Å²) in [6.07, 6.45) is 6.43. The monoisotopic (exact) mass is 438 g/mol. The molecule has 7 heteroatoms. The molecule has 0 saturated carbocycles. The Morgan fingerprint density at radius 2 is 2.06 bits per heavy atom. The molecule has 0 aliphatic carbocycles. The summed E-state index contributed by atoms with van der Waals surface area (Å²) in [4.78, 5) is 23.1. The summed E-state index contributed by atoms with van der Waals surface area (Å²) in [6.45, 7) is 3.46. The van der Waals surface area contributed by atoms with Gasteiger partial charge >= 0.3 is 6.03 Å². The maximum Gasteiger partial charge on any atom is 0.322 e. The normalized spacial score (nSPS) is 15.0. The summed E-state index contributed by atoms with van der Waals surface area (Å²) in [5.41, 5.74) is 1.45. The van der Waals surface area contributed by atoms with Crippen molar-refractivity contribution in [2.75, 3.05) is 25.0 Å². The van der Waals surface area contributed by atoms with Gasteiger partial charge in [-0.05, 0) is 60.5 Å². The summed E-state index contributed by atoms with van der Waals surface area (Å²) >= 11 is 1.80. The van der Waals surface area contributed by atoms with E-state index < -0.39 is 0 Å². The van der Waals surface area contributed by atoms with E-state index in [4.69, 9.17) is 0 Å². The van der Waals surface area contributed by atoms with Crippen molar-refractivity contribution in [1.82, 2.24) is 14.8 Å². The van der Waals surface area contributed by atoms with E-state index in [1.54, 1.807) is 35.9 Å². The minimum absolute atomic E-state index is 0.131.